The summed E-state index contributed by atoms with van der Waals surface area (Å²) in [4.78, 5) is 35.4. The number of nitrogens with one attached hydrogen (secondary N) is 2. The molecule has 1 heterocycles. The van der Waals surface area contributed by atoms with Crippen LogP contribution >= 0.6 is 0 Å². The summed E-state index contributed by atoms with van der Waals surface area (Å²) in [5.74, 6) is -1.68. The number of benzene rings is 1. The zero-order valence-corrected chi connectivity index (χ0v) is 18.9. The van der Waals surface area contributed by atoms with Crippen molar-refractivity contribution in [3.8, 4) is 0 Å². The predicted molar refractivity (Wildman–Crippen MR) is 122 cm³/mol. The van der Waals surface area contributed by atoms with Gasteiger partial charge < -0.3 is 20.6 Å². The third-order valence-electron chi connectivity index (χ3n) is 6.23. The Morgan fingerprint density at radius 3 is 2.67 bits per heavy atom. The van der Waals surface area contributed by atoms with Gasteiger partial charge in [-0.25, -0.2) is 0 Å². The molecule has 0 spiro atoms. The lowest BCUT2D eigenvalue weighted by molar-refractivity contribution is -0.137. The molecule has 1 unspecified atom stereocenters. The van der Waals surface area contributed by atoms with E-state index in [9.17, 15) is 14.4 Å². The lowest BCUT2D eigenvalue weighted by Gasteiger charge is -2.26. The number of aliphatic hydroxyl groups is 2. The first-order valence-electron chi connectivity index (χ1n) is 11.4. The van der Waals surface area contributed by atoms with Gasteiger partial charge in [-0.3, -0.25) is 19.7 Å². The molecule has 3 rings (SSSR count). The van der Waals surface area contributed by atoms with Crippen molar-refractivity contribution in [3.63, 3.8) is 0 Å². The molecule has 1 aromatic rings. The Balaban J connectivity index is 1.87. The van der Waals surface area contributed by atoms with Crippen LogP contribution in [0.4, 0.5) is 0 Å². The van der Waals surface area contributed by atoms with Crippen LogP contribution in [-0.2, 0) is 27.3 Å². The molecule has 2 amide bonds. The molecular formula is C25H32N2O6. The van der Waals surface area contributed by atoms with Crippen LogP contribution in [0.25, 0.3) is 0 Å². The van der Waals surface area contributed by atoms with Crippen LogP contribution in [0.5, 0.6) is 0 Å². The predicted octanol–water partition coefficient (Wildman–Crippen LogP) is 1.97. The number of carboxylic acid groups (broad SMARTS) is 1. The van der Waals surface area contributed by atoms with Gasteiger partial charge in [0.1, 0.15) is 0 Å². The van der Waals surface area contributed by atoms with E-state index in [1.165, 1.54) is 6.08 Å². The molecule has 0 radical (unpaired) electrons. The first-order valence-corrected chi connectivity index (χ1v) is 11.4. The Bertz CT molecular complexity index is 979. The number of hydrogen-bond donors (Lipinski definition) is 5. The van der Waals surface area contributed by atoms with Crippen LogP contribution < -0.4 is 10.6 Å². The monoisotopic (exact) mass is 456 g/mol. The van der Waals surface area contributed by atoms with Crippen molar-refractivity contribution in [2.24, 2.45) is 0 Å². The van der Waals surface area contributed by atoms with Crippen molar-refractivity contribution in [2.45, 2.75) is 70.6 Å². The fourth-order valence-electron chi connectivity index (χ4n) is 4.59. The highest BCUT2D eigenvalue weighted by atomic mass is 16.5. The normalized spacial score (nSPS) is 17.6. The van der Waals surface area contributed by atoms with Gasteiger partial charge in [0.15, 0.2) is 6.29 Å². The van der Waals surface area contributed by atoms with Gasteiger partial charge in [0.05, 0.1) is 0 Å². The Morgan fingerprint density at radius 1 is 1.18 bits per heavy atom. The van der Waals surface area contributed by atoms with Crippen LogP contribution in [0.1, 0.15) is 66.7 Å². The van der Waals surface area contributed by atoms with Gasteiger partial charge in [0, 0.05) is 37.1 Å². The Kier molecular flexibility index (Phi) is 8.55. The van der Waals surface area contributed by atoms with E-state index in [0.29, 0.717) is 25.0 Å². The van der Waals surface area contributed by atoms with E-state index in [-0.39, 0.29) is 24.8 Å². The molecule has 0 saturated carbocycles. The second-order valence-electron chi connectivity index (χ2n) is 8.73. The zero-order valence-electron chi connectivity index (χ0n) is 18.9. The van der Waals surface area contributed by atoms with Crippen LogP contribution in [-0.4, -0.2) is 45.9 Å². The minimum atomic E-state index is -1.43. The highest BCUT2D eigenvalue weighted by Crippen LogP contribution is 2.41. The number of aryl methyl sites for hydroxylation is 1. The maximum atomic E-state index is 12.6. The molecule has 1 aliphatic heterocycles. The number of carbonyl (C=O) groups is 3. The molecule has 1 aliphatic carbocycles. The fourth-order valence-corrected chi connectivity index (χ4v) is 4.59. The molecular weight excluding hydrogens is 424 g/mol. The van der Waals surface area contributed by atoms with E-state index >= 15 is 0 Å². The topological polar surface area (TPSA) is 136 Å². The van der Waals surface area contributed by atoms with Crippen molar-refractivity contribution in [1.82, 2.24) is 10.6 Å². The number of carbonyl (C=O) groups excluding carboxylic acids is 2. The minimum Gasteiger partial charge on any atom is -0.481 e. The number of carboxylic acids is 1. The Labute approximate surface area is 193 Å². The first-order chi connectivity index (χ1) is 15.8. The van der Waals surface area contributed by atoms with Gasteiger partial charge in [-0.2, -0.15) is 0 Å². The third kappa shape index (κ3) is 6.60. The molecule has 33 heavy (non-hydrogen) atoms. The summed E-state index contributed by atoms with van der Waals surface area (Å²) in [6.45, 7) is 2.53. The minimum absolute atomic E-state index is 0.0574. The van der Waals surface area contributed by atoms with Crippen molar-refractivity contribution in [1.29, 1.82) is 0 Å². The summed E-state index contributed by atoms with van der Waals surface area (Å²) in [5.41, 5.74) is 5.56. The van der Waals surface area contributed by atoms with E-state index in [1.54, 1.807) is 0 Å². The highest BCUT2D eigenvalue weighted by molar-refractivity contribution is 6.14. The van der Waals surface area contributed by atoms with Gasteiger partial charge in [0.25, 0.3) is 11.8 Å². The summed E-state index contributed by atoms with van der Waals surface area (Å²) in [7, 11) is 0. The average Bonchev–Trinajstić information content (AvgIpc) is 2.87. The molecule has 0 saturated heterocycles. The SMILES string of the molecule is Cc1cc2c(cc1CNCC(O)O)C(CCCCCCC(=O)O)C1=CC(=O)NC(=O)C1=CC2. The van der Waals surface area contributed by atoms with Crippen LogP contribution in [0.2, 0.25) is 0 Å². The number of amides is 2. The number of fused-ring (bicyclic) bond motifs is 2. The van der Waals surface area contributed by atoms with Crippen LogP contribution in [0.3, 0.4) is 0 Å². The second kappa shape index (κ2) is 11.4. The van der Waals surface area contributed by atoms with Crippen molar-refractivity contribution in [3.05, 3.63) is 57.7 Å². The lowest BCUT2D eigenvalue weighted by atomic mass is 9.80. The number of unbranched alkanes of at least 4 members (excludes halogenated alkanes) is 3. The summed E-state index contributed by atoms with van der Waals surface area (Å²) < 4.78 is 0. The van der Waals surface area contributed by atoms with E-state index in [4.69, 9.17) is 15.3 Å². The van der Waals surface area contributed by atoms with E-state index < -0.39 is 18.2 Å². The van der Waals surface area contributed by atoms with E-state index in [2.05, 4.69) is 22.8 Å². The standard InChI is InChI=1S/C25H32N2O6/c1-15-10-16-8-9-19-21(12-22(28)27-25(19)33)18(6-4-2-3-5-7-23(29)30)20(16)11-17(15)13-26-14-24(31)32/h9-12,18,24,26,31-32H,2-8,13-14H2,1H3,(H,29,30)(H,27,28,33). The summed E-state index contributed by atoms with van der Waals surface area (Å²) in [6.07, 6.45) is 6.66. The fraction of sp³-hybridized carbons (Fsp3) is 0.480. The molecule has 5 N–H and O–H groups in total. The molecule has 0 fully saturated rings. The number of rotatable bonds is 11. The van der Waals surface area contributed by atoms with Crippen LogP contribution in [0.15, 0.2) is 35.4 Å². The van der Waals surface area contributed by atoms with E-state index in [0.717, 1.165) is 53.5 Å². The number of imide groups is 1. The van der Waals surface area contributed by atoms with Crippen molar-refractivity contribution < 1.29 is 29.7 Å². The molecule has 2 aliphatic rings. The smallest absolute Gasteiger partial charge is 0.303 e. The third-order valence-corrected chi connectivity index (χ3v) is 6.23. The summed E-state index contributed by atoms with van der Waals surface area (Å²) in [6, 6.07) is 4.21. The molecule has 8 nitrogen and oxygen atoms in total. The van der Waals surface area contributed by atoms with Gasteiger partial charge in [0.2, 0.25) is 0 Å². The quantitative estimate of drug-likeness (QED) is 0.195. The van der Waals surface area contributed by atoms with E-state index in [1.807, 2.05) is 13.0 Å². The lowest BCUT2D eigenvalue weighted by Crippen LogP contribution is -2.36. The van der Waals surface area contributed by atoms with Gasteiger partial charge in [-0.15, -0.1) is 0 Å². The molecule has 1 aromatic carbocycles. The molecule has 0 bridgehead atoms. The zero-order chi connectivity index (χ0) is 24.0. The Morgan fingerprint density at radius 2 is 1.94 bits per heavy atom. The maximum absolute atomic E-state index is 12.6. The average molecular weight is 457 g/mol. The number of allylic oxidation sites excluding steroid dienone is 1. The van der Waals surface area contributed by atoms with Gasteiger partial charge >= 0.3 is 5.97 Å². The second-order valence-corrected chi connectivity index (χ2v) is 8.73. The maximum Gasteiger partial charge on any atom is 0.303 e. The first kappa shape index (κ1) is 24.8. The Hall–Kier alpha value is -2.81. The molecule has 8 heteroatoms. The molecule has 1 atom stereocenters. The van der Waals surface area contributed by atoms with Crippen molar-refractivity contribution in [2.75, 3.05) is 6.54 Å². The number of hydrogen-bond acceptors (Lipinski definition) is 6. The summed E-state index contributed by atoms with van der Waals surface area (Å²) in [5, 5.41) is 32.5. The van der Waals surface area contributed by atoms with Gasteiger partial charge in [-0.05, 0) is 54.0 Å². The molecule has 0 aromatic heterocycles. The van der Waals surface area contributed by atoms with Gasteiger partial charge in [-0.1, -0.05) is 37.5 Å². The molecule has 178 valence electrons. The number of aliphatic hydroxyl groups excluding tert-OH is 1. The van der Waals surface area contributed by atoms with Crippen molar-refractivity contribution >= 4 is 17.8 Å². The largest absolute Gasteiger partial charge is 0.481 e. The highest BCUT2D eigenvalue weighted by Gasteiger charge is 2.32. The summed E-state index contributed by atoms with van der Waals surface area (Å²) >= 11 is 0. The number of aliphatic carboxylic acids is 1. The van der Waals surface area contributed by atoms with Crippen LogP contribution in [0, 0.1) is 6.92 Å².